The zero-order valence-corrected chi connectivity index (χ0v) is 14.8. The fourth-order valence-corrected chi connectivity index (χ4v) is 3.12. The average Bonchev–Trinajstić information content (AvgIpc) is 2.61. The standard InChI is InChI=1S/C21H23NO3/c1-14-4-6-15(7-5-14)16-8-17(10-19(23)9-16)22-18-11-20(24-2)13-21(12-18)25-3/h4-7,10-13,16,22H,8-9H2,1-3H3. The Morgan fingerprint density at radius 1 is 0.960 bits per heavy atom. The second kappa shape index (κ2) is 7.43. The molecule has 0 amide bonds. The molecule has 1 aliphatic rings. The minimum atomic E-state index is 0.147. The van der Waals surface area contributed by atoms with E-state index in [-0.39, 0.29) is 11.7 Å². The van der Waals surface area contributed by atoms with E-state index in [1.807, 2.05) is 18.2 Å². The summed E-state index contributed by atoms with van der Waals surface area (Å²) >= 11 is 0. The smallest absolute Gasteiger partial charge is 0.158 e. The number of aryl methyl sites for hydroxylation is 1. The third kappa shape index (κ3) is 4.21. The molecule has 1 aliphatic carbocycles. The second-order valence-corrected chi connectivity index (χ2v) is 6.38. The summed E-state index contributed by atoms with van der Waals surface area (Å²) in [6, 6.07) is 14.0. The molecule has 0 fully saturated rings. The summed E-state index contributed by atoms with van der Waals surface area (Å²) in [6.45, 7) is 2.07. The summed E-state index contributed by atoms with van der Waals surface area (Å²) in [5.74, 6) is 1.77. The molecule has 0 aromatic heterocycles. The molecule has 130 valence electrons. The van der Waals surface area contributed by atoms with Crippen LogP contribution in [-0.2, 0) is 4.79 Å². The van der Waals surface area contributed by atoms with Gasteiger partial charge in [-0.15, -0.1) is 0 Å². The Hall–Kier alpha value is -2.75. The van der Waals surface area contributed by atoms with Crippen molar-refractivity contribution in [1.29, 1.82) is 0 Å². The second-order valence-electron chi connectivity index (χ2n) is 6.38. The van der Waals surface area contributed by atoms with Gasteiger partial charge in [0.15, 0.2) is 5.78 Å². The van der Waals surface area contributed by atoms with Gasteiger partial charge in [0.25, 0.3) is 0 Å². The van der Waals surface area contributed by atoms with Gasteiger partial charge in [-0.1, -0.05) is 29.8 Å². The molecule has 0 saturated heterocycles. The molecule has 1 atom stereocenters. The first-order valence-electron chi connectivity index (χ1n) is 8.37. The summed E-state index contributed by atoms with van der Waals surface area (Å²) in [4.78, 5) is 12.2. The third-order valence-corrected chi connectivity index (χ3v) is 4.45. The number of hydrogen-bond donors (Lipinski definition) is 1. The Morgan fingerprint density at radius 2 is 1.60 bits per heavy atom. The van der Waals surface area contributed by atoms with Crippen LogP contribution in [0.3, 0.4) is 0 Å². The van der Waals surface area contributed by atoms with Gasteiger partial charge in [-0.2, -0.15) is 0 Å². The molecule has 3 rings (SSSR count). The predicted molar refractivity (Wildman–Crippen MR) is 99.4 cm³/mol. The topological polar surface area (TPSA) is 47.6 Å². The lowest BCUT2D eigenvalue weighted by molar-refractivity contribution is -0.115. The summed E-state index contributed by atoms with van der Waals surface area (Å²) < 4.78 is 10.6. The number of carbonyl (C=O) groups excluding carboxylic acids is 1. The van der Waals surface area contributed by atoms with Crippen LogP contribution in [0.4, 0.5) is 5.69 Å². The van der Waals surface area contributed by atoms with Gasteiger partial charge < -0.3 is 14.8 Å². The summed E-state index contributed by atoms with van der Waals surface area (Å²) in [7, 11) is 3.24. The van der Waals surface area contributed by atoms with Gasteiger partial charge in [0.2, 0.25) is 0 Å². The van der Waals surface area contributed by atoms with E-state index in [0.717, 1.165) is 17.8 Å². The maximum Gasteiger partial charge on any atom is 0.158 e. The number of rotatable bonds is 5. The Labute approximate surface area is 148 Å². The van der Waals surface area contributed by atoms with Crippen molar-refractivity contribution in [3.05, 3.63) is 65.4 Å². The van der Waals surface area contributed by atoms with Crippen LogP contribution < -0.4 is 14.8 Å². The van der Waals surface area contributed by atoms with Gasteiger partial charge in [-0.25, -0.2) is 0 Å². The van der Waals surface area contributed by atoms with Crippen LogP contribution in [0.5, 0.6) is 11.5 Å². The van der Waals surface area contributed by atoms with Crippen molar-refractivity contribution in [2.24, 2.45) is 0 Å². The fraction of sp³-hybridized carbons (Fsp3) is 0.286. The first-order valence-corrected chi connectivity index (χ1v) is 8.37. The van der Waals surface area contributed by atoms with Gasteiger partial charge in [0.05, 0.1) is 14.2 Å². The monoisotopic (exact) mass is 337 g/mol. The number of ketones is 1. The zero-order valence-electron chi connectivity index (χ0n) is 14.8. The quantitative estimate of drug-likeness (QED) is 0.875. The normalized spacial score (nSPS) is 17.0. The van der Waals surface area contributed by atoms with E-state index in [9.17, 15) is 4.79 Å². The van der Waals surface area contributed by atoms with Gasteiger partial charge in [0.1, 0.15) is 11.5 Å². The number of carbonyl (C=O) groups is 1. The van der Waals surface area contributed by atoms with Crippen LogP contribution in [0.2, 0.25) is 0 Å². The first kappa shape index (κ1) is 17.1. The third-order valence-electron chi connectivity index (χ3n) is 4.45. The molecule has 4 nitrogen and oxygen atoms in total. The number of allylic oxidation sites excluding steroid dienone is 2. The summed E-state index contributed by atoms with van der Waals surface area (Å²) in [5, 5.41) is 3.35. The van der Waals surface area contributed by atoms with Gasteiger partial charge >= 0.3 is 0 Å². The maximum absolute atomic E-state index is 12.2. The van der Waals surface area contributed by atoms with Crippen molar-refractivity contribution >= 4 is 11.5 Å². The van der Waals surface area contributed by atoms with Crippen LogP contribution in [0.1, 0.15) is 29.9 Å². The number of benzene rings is 2. The fourth-order valence-electron chi connectivity index (χ4n) is 3.12. The highest BCUT2D eigenvalue weighted by molar-refractivity contribution is 5.92. The lowest BCUT2D eigenvalue weighted by Gasteiger charge is -2.24. The molecule has 0 spiro atoms. The minimum absolute atomic E-state index is 0.147. The van der Waals surface area contributed by atoms with Crippen LogP contribution in [0, 0.1) is 6.92 Å². The predicted octanol–water partition coefficient (Wildman–Crippen LogP) is 4.45. The Morgan fingerprint density at radius 3 is 2.20 bits per heavy atom. The molecule has 2 aromatic rings. The number of hydrogen-bond acceptors (Lipinski definition) is 4. The van der Waals surface area contributed by atoms with E-state index in [2.05, 4.69) is 36.5 Å². The number of anilines is 1. The highest BCUT2D eigenvalue weighted by atomic mass is 16.5. The van der Waals surface area contributed by atoms with E-state index in [1.165, 1.54) is 11.1 Å². The highest BCUT2D eigenvalue weighted by Crippen LogP contribution is 2.33. The maximum atomic E-state index is 12.2. The molecule has 0 aliphatic heterocycles. The van der Waals surface area contributed by atoms with Crippen molar-refractivity contribution in [2.75, 3.05) is 19.5 Å². The van der Waals surface area contributed by atoms with Gasteiger partial charge in [-0.3, -0.25) is 4.79 Å². The molecule has 4 heteroatoms. The SMILES string of the molecule is COc1cc(NC2=CC(=O)CC(c3ccc(C)cc3)C2)cc(OC)c1. The molecular formula is C21H23NO3. The van der Waals surface area contributed by atoms with E-state index >= 15 is 0 Å². The Bertz CT molecular complexity index is 771. The number of nitrogens with one attached hydrogen (secondary N) is 1. The number of methoxy groups -OCH3 is 2. The summed E-state index contributed by atoms with van der Waals surface area (Å²) in [6.07, 6.45) is 3.06. The molecule has 2 aromatic carbocycles. The highest BCUT2D eigenvalue weighted by Gasteiger charge is 2.22. The van der Waals surface area contributed by atoms with Crippen molar-refractivity contribution < 1.29 is 14.3 Å². The average molecular weight is 337 g/mol. The Kier molecular flexibility index (Phi) is 5.08. The summed E-state index contributed by atoms with van der Waals surface area (Å²) in [5.41, 5.74) is 4.19. The molecule has 0 saturated carbocycles. The van der Waals surface area contributed by atoms with Crippen LogP contribution in [0.15, 0.2) is 54.2 Å². The molecule has 0 radical (unpaired) electrons. The van der Waals surface area contributed by atoms with E-state index in [4.69, 9.17) is 9.47 Å². The zero-order chi connectivity index (χ0) is 17.8. The van der Waals surface area contributed by atoms with E-state index in [0.29, 0.717) is 17.9 Å². The largest absolute Gasteiger partial charge is 0.497 e. The first-order chi connectivity index (χ1) is 12.1. The van der Waals surface area contributed by atoms with E-state index in [1.54, 1.807) is 20.3 Å². The van der Waals surface area contributed by atoms with Crippen LogP contribution in [0.25, 0.3) is 0 Å². The molecule has 0 heterocycles. The van der Waals surface area contributed by atoms with Gasteiger partial charge in [0, 0.05) is 42.1 Å². The molecule has 1 unspecified atom stereocenters. The lowest BCUT2D eigenvalue weighted by atomic mass is 9.85. The number of ether oxygens (including phenoxy) is 2. The molecule has 25 heavy (non-hydrogen) atoms. The van der Waals surface area contributed by atoms with Crippen molar-refractivity contribution in [2.45, 2.75) is 25.7 Å². The Balaban J connectivity index is 1.80. The molecule has 0 bridgehead atoms. The van der Waals surface area contributed by atoms with Crippen molar-refractivity contribution in [1.82, 2.24) is 0 Å². The molecule has 1 N–H and O–H groups in total. The van der Waals surface area contributed by atoms with Crippen LogP contribution >= 0.6 is 0 Å². The van der Waals surface area contributed by atoms with Crippen molar-refractivity contribution in [3.63, 3.8) is 0 Å². The molecular weight excluding hydrogens is 314 g/mol. The van der Waals surface area contributed by atoms with Crippen LogP contribution in [-0.4, -0.2) is 20.0 Å². The lowest BCUT2D eigenvalue weighted by Crippen LogP contribution is -2.16. The minimum Gasteiger partial charge on any atom is -0.497 e. The van der Waals surface area contributed by atoms with E-state index < -0.39 is 0 Å². The van der Waals surface area contributed by atoms with Crippen molar-refractivity contribution in [3.8, 4) is 11.5 Å². The van der Waals surface area contributed by atoms with Gasteiger partial charge in [-0.05, 0) is 24.8 Å².